The highest BCUT2D eigenvalue weighted by molar-refractivity contribution is 8.45. The van der Waals surface area contributed by atoms with Crippen LogP contribution in [0.2, 0.25) is 0 Å². The van der Waals surface area contributed by atoms with Gasteiger partial charge in [-0.1, -0.05) is 26.4 Å². The topological polar surface area (TPSA) is 123 Å². The van der Waals surface area contributed by atoms with Crippen molar-refractivity contribution < 1.29 is 71.1 Å². The van der Waals surface area contributed by atoms with Crippen LogP contribution in [0.15, 0.2) is 22.6 Å². The van der Waals surface area contributed by atoms with E-state index in [9.17, 15) is 52.3 Å². The summed E-state index contributed by atoms with van der Waals surface area (Å²) in [5.41, 5.74) is -2.95. The lowest BCUT2D eigenvalue weighted by Gasteiger charge is -2.41. The average Bonchev–Trinajstić information content (AvgIpc) is 2.73. The zero-order valence-corrected chi connectivity index (χ0v) is 20.2. The molecule has 1 aliphatic rings. The number of halogens is 8. The molecule has 0 radical (unpaired) electrons. The zero-order valence-electron chi connectivity index (χ0n) is 19.4. The summed E-state index contributed by atoms with van der Waals surface area (Å²) in [5, 5.41) is 9.00. The van der Waals surface area contributed by atoms with E-state index in [1.807, 2.05) is 0 Å². The first kappa shape index (κ1) is 30.7. The van der Waals surface area contributed by atoms with Crippen LogP contribution in [0.25, 0.3) is 6.08 Å². The molecule has 0 spiro atoms. The highest BCUT2D eigenvalue weighted by Gasteiger charge is 2.66. The van der Waals surface area contributed by atoms with Gasteiger partial charge in [0.25, 0.3) is 5.09 Å². The van der Waals surface area contributed by atoms with Crippen molar-refractivity contribution in [1.29, 1.82) is 0 Å². The number of ether oxygens (including phenoxy) is 4. The zero-order chi connectivity index (χ0) is 29.3. The summed E-state index contributed by atoms with van der Waals surface area (Å²) < 4.78 is 126. The number of carbonyl (C=O) groups excluding carboxylic acids is 2. The minimum Gasteiger partial charge on any atom is -0.475 e. The molecule has 0 saturated heterocycles. The lowest BCUT2D eigenvalue weighted by molar-refractivity contribution is -0.767. The van der Waals surface area contributed by atoms with Crippen molar-refractivity contribution >= 4 is 28.4 Å². The fourth-order valence-corrected chi connectivity index (χ4v) is 3.74. The van der Waals surface area contributed by atoms with Gasteiger partial charge < -0.3 is 23.8 Å². The van der Waals surface area contributed by atoms with E-state index in [0.29, 0.717) is 0 Å². The third-order valence-corrected chi connectivity index (χ3v) is 5.72. The first-order valence-corrected chi connectivity index (χ1v) is 12.2. The van der Waals surface area contributed by atoms with Crippen molar-refractivity contribution in [1.82, 2.24) is 0 Å². The van der Waals surface area contributed by atoms with E-state index < -0.39 is 92.5 Å². The molecule has 1 heterocycles. The number of hydrogen-bond acceptors (Lipinski definition) is 9. The Labute approximate surface area is 208 Å². The fourth-order valence-electron chi connectivity index (χ4n) is 3.03. The Morgan fingerprint density at radius 3 is 2.24 bits per heavy atom. The van der Waals surface area contributed by atoms with E-state index in [1.165, 1.54) is 6.92 Å². The van der Waals surface area contributed by atoms with Gasteiger partial charge in [0.05, 0.1) is 5.57 Å². The second-order valence-corrected chi connectivity index (χ2v) is 10.2. The van der Waals surface area contributed by atoms with Gasteiger partial charge in [0.1, 0.15) is 23.4 Å². The standard InChI is InChI=1S/C19H19F8NO9S/c1-4-11-5-13(38(23,24,25,26)27)6-12-7-14(16(19(20,21)22)36-15(11)12)17(29)34-10(3)35-18(30)33-8-9(2)37-28(31)32/h5-7,9-10,16H,4,8H2,1-3H3/t9-,10?,16?/m0/s1. The summed E-state index contributed by atoms with van der Waals surface area (Å²) >= 11 is 0. The lowest BCUT2D eigenvalue weighted by Crippen LogP contribution is -2.41. The van der Waals surface area contributed by atoms with Crippen LogP contribution in [0.5, 0.6) is 5.75 Å². The van der Waals surface area contributed by atoms with E-state index in [4.69, 9.17) is 4.74 Å². The Morgan fingerprint density at radius 2 is 1.74 bits per heavy atom. The van der Waals surface area contributed by atoms with Crippen LogP contribution < -0.4 is 4.74 Å². The molecule has 1 aromatic carbocycles. The number of benzene rings is 1. The summed E-state index contributed by atoms with van der Waals surface area (Å²) in [6.07, 6.45) is -13.3. The molecule has 216 valence electrons. The van der Waals surface area contributed by atoms with Crippen molar-refractivity contribution in [2.45, 2.75) is 56.8 Å². The maximum Gasteiger partial charge on any atom is 0.511 e. The molecule has 0 amide bonds. The fraction of sp³-hybridized carbons (Fsp3) is 0.474. The van der Waals surface area contributed by atoms with Crippen LogP contribution >= 0.6 is 10.2 Å². The highest BCUT2D eigenvalue weighted by Crippen LogP contribution is 3.02. The van der Waals surface area contributed by atoms with E-state index in [0.717, 1.165) is 13.8 Å². The molecule has 2 rings (SSSR count). The maximum absolute atomic E-state index is 13.7. The number of fused-ring (bicyclic) bond motifs is 1. The number of aryl methyl sites for hydroxylation is 1. The smallest absolute Gasteiger partial charge is 0.475 e. The predicted octanol–water partition coefficient (Wildman–Crippen LogP) is 6.25. The average molecular weight is 589 g/mol. The number of carbonyl (C=O) groups is 2. The van der Waals surface area contributed by atoms with E-state index >= 15 is 0 Å². The van der Waals surface area contributed by atoms with Crippen molar-refractivity contribution in [3.8, 4) is 5.75 Å². The first-order chi connectivity index (χ1) is 17.0. The molecule has 0 bridgehead atoms. The molecular weight excluding hydrogens is 570 g/mol. The molecule has 0 aliphatic carbocycles. The van der Waals surface area contributed by atoms with Crippen LogP contribution in [0.4, 0.5) is 37.4 Å². The van der Waals surface area contributed by atoms with Crippen molar-refractivity contribution in [3.63, 3.8) is 0 Å². The Bertz CT molecular complexity index is 1150. The number of hydrogen-bond donors (Lipinski definition) is 0. The molecule has 0 saturated carbocycles. The molecule has 0 aromatic heterocycles. The third-order valence-electron chi connectivity index (χ3n) is 4.59. The Kier molecular flexibility index (Phi) is 7.81. The largest absolute Gasteiger partial charge is 0.511 e. The molecule has 1 aromatic rings. The quantitative estimate of drug-likeness (QED) is 0.108. The maximum atomic E-state index is 13.7. The molecule has 19 heteroatoms. The third kappa shape index (κ3) is 7.99. The Morgan fingerprint density at radius 1 is 1.13 bits per heavy atom. The molecule has 38 heavy (non-hydrogen) atoms. The predicted molar refractivity (Wildman–Crippen MR) is 111 cm³/mol. The van der Waals surface area contributed by atoms with Gasteiger partial charge in [0.15, 0.2) is 0 Å². The molecular formula is C19H19F8NO9S. The van der Waals surface area contributed by atoms with Gasteiger partial charge in [-0.05, 0) is 37.1 Å². The van der Waals surface area contributed by atoms with Gasteiger partial charge in [0, 0.05) is 12.5 Å². The summed E-state index contributed by atoms with van der Waals surface area (Å²) in [6.45, 7) is 2.46. The molecule has 0 N–H and O–H groups in total. The van der Waals surface area contributed by atoms with Gasteiger partial charge in [0.2, 0.25) is 12.4 Å². The Hall–Kier alpha value is -3.51. The number of nitrogens with zero attached hydrogens (tertiary/aromatic N) is 1. The van der Waals surface area contributed by atoms with Crippen LogP contribution in [0, 0.1) is 10.1 Å². The van der Waals surface area contributed by atoms with Gasteiger partial charge in [-0.3, -0.25) is 0 Å². The number of rotatable bonds is 9. The SMILES string of the molecule is CCc1cc(S(F)(F)(F)(F)F)cc2c1OC(C(F)(F)F)C(C(=O)OC(C)OC(=O)OC[C@H](C)O[N+](=O)[O-])=C2. The monoisotopic (exact) mass is 589 g/mol. The minimum atomic E-state index is -10.3. The lowest BCUT2D eigenvalue weighted by atomic mass is 9.98. The molecule has 2 unspecified atom stereocenters. The van der Waals surface area contributed by atoms with Gasteiger partial charge in [-0.2, -0.15) is 13.2 Å². The second-order valence-electron chi connectivity index (χ2n) is 7.75. The van der Waals surface area contributed by atoms with E-state index in [-0.39, 0.29) is 18.2 Å². The van der Waals surface area contributed by atoms with Crippen LogP contribution in [-0.2, 0) is 30.3 Å². The Balaban J connectivity index is 2.34. The molecule has 1 aliphatic heterocycles. The van der Waals surface area contributed by atoms with E-state index in [2.05, 4.69) is 19.0 Å². The van der Waals surface area contributed by atoms with Crippen LogP contribution in [0.1, 0.15) is 31.9 Å². The number of alkyl halides is 3. The van der Waals surface area contributed by atoms with Gasteiger partial charge in [-0.15, -0.1) is 10.1 Å². The summed E-state index contributed by atoms with van der Waals surface area (Å²) in [5.74, 6) is -2.67. The summed E-state index contributed by atoms with van der Waals surface area (Å²) in [4.78, 5) is 35.9. The summed E-state index contributed by atoms with van der Waals surface area (Å²) in [6, 6.07) is -0.175. The van der Waals surface area contributed by atoms with Crippen molar-refractivity contribution in [2.75, 3.05) is 6.61 Å². The van der Waals surface area contributed by atoms with Crippen molar-refractivity contribution in [2.24, 2.45) is 0 Å². The number of esters is 1. The van der Waals surface area contributed by atoms with Crippen molar-refractivity contribution in [3.05, 3.63) is 38.9 Å². The molecule has 10 nitrogen and oxygen atoms in total. The second kappa shape index (κ2) is 9.66. The first-order valence-electron chi connectivity index (χ1n) is 10.2. The van der Waals surface area contributed by atoms with Crippen LogP contribution in [-0.4, -0.2) is 48.5 Å². The normalized spacial score (nSPS) is 18.8. The highest BCUT2D eigenvalue weighted by atomic mass is 32.5. The minimum absolute atomic E-state index is 0.0237. The van der Waals surface area contributed by atoms with Gasteiger partial charge >= 0.3 is 28.5 Å². The van der Waals surface area contributed by atoms with Crippen LogP contribution in [0.3, 0.4) is 0 Å². The van der Waals surface area contributed by atoms with Gasteiger partial charge in [-0.25, -0.2) is 9.59 Å². The summed E-state index contributed by atoms with van der Waals surface area (Å²) in [7, 11) is -10.3. The molecule has 0 fully saturated rings. The molecule has 3 atom stereocenters. The van der Waals surface area contributed by atoms with E-state index in [1.54, 1.807) is 0 Å².